The van der Waals surface area contributed by atoms with Crippen LogP contribution in [-0.4, -0.2) is 24.0 Å². The Bertz CT molecular complexity index is 319. The second-order valence-corrected chi connectivity index (χ2v) is 6.12. The number of nitrogens with two attached hydrogens (primary N) is 1. The average molecular weight is 238 g/mol. The summed E-state index contributed by atoms with van der Waals surface area (Å²) in [6.07, 6.45) is 4.06. The van der Waals surface area contributed by atoms with Gasteiger partial charge in [-0.15, -0.1) is 0 Å². The Morgan fingerprint density at radius 2 is 2.31 bits per heavy atom. The maximum atomic E-state index is 5.97. The highest BCUT2D eigenvalue weighted by atomic mass is 32.1. The highest BCUT2D eigenvalue weighted by Gasteiger charge is 2.35. The Balaban J connectivity index is 1.96. The third-order valence-electron chi connectivity index (χ3n) is 3.79. The first-order valence-electron chi connectivity index (χ1n) is 6.06. The average Bonchev–Trinajstić information content (AvgIpc) is 2.92. The van der Waals surface area contributed by atoms with Crippen molar-refractivity contribution >= 4 is 11.3 Å². The van der Waals surface area contributed by atoms with Crippen LogP contribution in [0.3, 0.4) is 0 Å². The van der Waals surface area contributed by atoms with E-state index in [0.717, 1.165) is 19.0 Å². The molecule has 2 rings (SSSR count). The van der Waals surface area contributed by atoms with Gasteiger partial charge < -0.3 is 5.73 Å². The molecule has 1 aliphatic rings. The van der Waals surface area contributed by atoms with Gasteiger partial charge in [0.1, 0.15) is 0 Å². The van der Waals surface area contributed by atoms with Crippen molar-refractivity contribution in [2.45, 2.75) is 38.3 Å². The molecule has 0 spiro atoms. The normalized spacial score (nSPS) is 20.0. The van der Waals surface area contributed by atoms with Gasteiger partial charge in [0.15, 0.2) is 0 Å². The van der Waals surface area contributed by atoms with E-state index in [0.29, 0.717) is 0 Å². The van der Waals surface area contributed by atoms with E-state index in [4.69, 9.17) is 5.73 Å². The lowest BCUT2D eigenvalue weighted by molar-refractivity contribution is 0.120. The summed E-state index contributed by atoms with van der Waals surface area (Å²) in [5.41, 5.74) is 7.55. The highest BCUT2D eigenvalue weighted by molar-refractivity contribution is 7.07. The second-order valence-electron chi connectivity index (χ2n) is 5.34. The monoisotopic (exact) mass is 238 g/mol. The van der Waals surface area contributed by atoms with Crippen LogP contribution in [0.1, 0.15) is 31.7 Å². The van der Waals surface area contributed by atoms with E-state index in [1.54, 1.807) is 11.3 Å². The summed E-state index contributed by atoms with van der Waals surface area (Å²) in [4.78, 5) is 2.42. The van der Waals surface area contributed by atoms with Crippen LogP contribution in [0.15, 0.2) is 16.8 Å². The van der Waals surface area contributed by atoms with E-state index < -0.39 is 0 Å². The molecule has 0 saturated heterocycles. The fourth-order valence-corrected chi connectivity index (χ4v) is 2.85. The highest BCUT2D eigenvalue weighted by Crippen LogP contribution is 2.38. The van der Waals surface area contributed by atoms with Crippen molar-refractivity contribution < 1.29 is 0 Å². The lowest BCUT2D eigenvalue weighted by Gasteiger charge is -2.38. The van der Waals surface area contributed by atoms with E-state index in [-0.39, 0.29) is 5.54 Å². The molecule has 1 fully saturated rings. The summed E-state index contributed by atoms with van der Waals surface area (Å²) in [6.45, 7) is 4.08. The summed E-state index contributed by atoms with van der Waals surface area (Å²) in [5.74, 6) is 0.929. The number of thiophene rings is 1. The SMILES string of the molecule is CN(Cc1ccsc1)C(C)(CN)CC1CC1. The third kappa shape index (κ3) is 2.84. The molecule has 1 unspecified atom stereocenters. The minimum absolute atomic E-state index is 0.170. The lowest BCUT2D eigenvalue weighted by Crippen LogP contribution is -2.49. The molecule has 90 valence electrons. The Hall–Kier alpha value is -0.380. The topological polar surface area (TPSA) is 29.3 Å². The van der Waals surface area contributed by atoms with Crippen molar-refractivity contribution in [3.05, 3.63) is 22.4 Å². The van der Waals surface area contributed by atoms with Crippen LogP contribution in [0.4, 0.5) is 0 Å². The van der Waals surface area contributed by atoms with Gasteiger partial charge in [0, 0.05) is 18.6 Å². The number of hydrogen-bond acceptors (Lipinski definition) is 3. The molecule has 1 aromatic rings. The number of likely N-dealkylation sites (N-methyl/N-ethyl adjacent to an activating group) is 1. The lowest BCUT2D eigenvalue weighted by atomic mass is 9.92. The van der Waals surface area contributed by atoms with Gasteiger partial charge in [0.05, 0.1) is 0 Å². The van der Waals surface area contributed by atoms with E-state index in [1.807, 2.05) is 0 Å². The minimum Gasteiger partial charge on any atom is -0.329 e. The molecule has 0 radical (unpaired) electrons. The van der Waals surface area contributed by atoms with Gasteiger partial charge in [-0.05, 0) is 48.7 Å². The first kappa shape index (κ1) is 12.1. The molecule has 0 amide bonds. The Morgan fingerprint density at radius 3 is 2.81 bits per heavy atom. The molecule has 1 heterocycles. The minimum atomic E-state index is 0.170. The van der Waals surface area contributed by atoms with Gasteiger partial charge in [-0.2, -0.15) is 11.3 Å². The fourth-order valence-electron chi connectivity index (χ4n) is 2.19. The van der Waals surface area contributed by atoms with Crippen molar-refractivity contribution in [2.24, 2.45) is 11.7 Å². The van der Waals surface area contributed by atoms with Gasteiger partial charge in [0.25, 0.3) is 0 Å². The van der Waals surface area contributed by atoms with Gasteiger partial charge in [-0.1, -0.05) is 12.8 Å². The fraction of sp³-hybridized carbons (Fsp3) is 0.692. The van der Waals surface area contributed by atoms with E-state index >= 15 is 0 Å². The molecule has 0 aromatic carbocycles. The summed E-state index contributed by atoms with van der Waals surface area (Å²) in [6, 6.07) is 2.20. The first-order valence-corrected chi connectivity index (χ1v) is 7.01. The maximum absolute atomic E-state index is 5.97. The van der Waals surface area contributed by atoms with Crippen molar-refractivity contribution in [2.75, 3.05) is 13.6 Å². The van der Waals surface area contributed by atoms with Gasteiger partial charge in [0.2, 0.25) is 0 Å². The van der Waals surface area contributed by atoms with Crippen LogP contribution in [0.25, 0.3) is 0 Å². The quantitative estimate of drug-likeness (QED) is 0.825. The zero-order chi connectivity index (χ0) is 11.6. The number of rotatable bonds is 6. The van der Waals surface area contributed by atoms with Crippen LogP contribution in [-0.2, 0) is 6.54 Å². The van der Waals surface area contributed by atoms with Crippen molar-refractivity contribution in [3.63, 3.8) is 0 Å². The molecule has 1 saturated carbocycles. The number of nitrogens with zero attached hydrogens (tertiary/aromatic N) is 1. The van der Waals surface area contributed by atoms with Crippen LogP contribution in [0, 0.1) is 5.92 Å². The Labute approximate surface area is 102 Å². The predicted molar refractivity (Wildman–Crippen MR) is 70.6 cm³/mol. The van der Waals surface area contributed by atoms with Crippen LogP contribution >= 0.6 is 11.3 Å². The van der Waals surface area contributed by atoms with Gasteiger partial charge >= 0.3 is 0 Å². The van der Waals surface area contributed by atoms with E-state index in [2.05, 4.69) is 35.7 Å². The van der Waals surface area contributed by atoms with E-state index in [1.165, 1.54) is 24.8 Å². The molecule has 2 nitrogen and oxygen atoms in total. The molecule has 3 heteroatoms. The molecule has 1 aromatic heterocycles. The molecular weight excluding hydrogens is 216 g/mol. The smallest absolute Gasteiger partial charge is 0.0306 e. The standard InChI is InChI=1S/C13H22N2S/c1-13(10-14,7-11-3-4-11)15(2)8-12-5-6-16-9-12/h5-6,9,11H,3-4,7-8,10,14H2,1-2H3. The molecule has 0 bridgehead atoms. The summed E-state index contributed by atoms with van der Waals surface area (Å²) >= 11 is 1.77. The molecule has 0 aliphatic heterocycles. The predicted octanol–water partition coefficient (Wildman–Crippen LogP) is 2.70. The third-order valence-corrected chi connectivity index (χ3v) is 4.52. The molecule has 2 N–H and O–H groups in total. The maximum Gasteiger partial charge on any atom is 0.0306 e. The van der Waals surface area contributed by atoms with Gasteiger partial charge in [-0.25, -0.2) is 0 Å². The first-order chi connectivity index (χ1) is 7.64. The number of hydrogen-bond donors (Lipinski definition) is 1. The Kier molecular flexibility index (Phi) is 3.67. The summed E-state index contributed by atoms with van der Waals surface area (Å²) in [5, 5.41) is 4.37. The van der Waals surface area contributed by atoms with Crippen LogP contribution < -0.4 is 5.73 Å². The molecule has 1 atom stereocenters. The zero-order valence-electron chi connectivity index (χ0n) is 10.3. The zero-order valence-corrected chi connectivity index (χ0v) is 11.1. The largest absolute Gasteiger partial charge is 0.329 e. The summed E-state index contributed by atoms with van der Waals surface area (Å²) in [7, 11) is 2.20. The van der Waals surface area contributed by atoms with Crippen molar-refractivity contribution in [1.82, 2.24) is 4.90 Å². The van der Waals surface area contributed by atoms with Crippen LogP contribution in [0.2, 0.25) is 0 Å². The van der Waals surface area contributed by atoms with Crippen molar-refractivity contribution in [1.29, 1.82) is 0 Å². The molecule has 1 aliphatic carbocycles. The molecular formula is C13H22N2S. The van der Waals surface area contributed by atoms with E-state index in [9.17, 15) is 0 Å². The van der Waals surface area contributed by atoms with Crippen molar-refractivity contribution in [3.8, 4) is 0 Å². The summed E-state index contributed by atoms with van der Waals surface area (Å²) < 4.78 is 0. The molecule has 16 heavy (non-hydrogen) atoms. The Morgan fingerprint density at radius 1 is 1.56 bits per heavy atom. The van der Waals surface area contributed by atoms with Gasteiger partial charge in [-0.3, -0.25) is 4.90 Å². The van der Waals surface area contributed by atoms with Crippen LogP contribution in [0.5, 0.6) is 0 Å². The second kappa shape index (κ2) is 4.86.